The largest absolute Gasteiger partial charge is 0.493 e. The monoisotopic (exact) mass is 411 g/mol. The van der Waals surface area contributed by atoms with Gasteiger partial charge in [-0.05, 0) is 61.1 Å². The molecule has 1 amide bonds. The molecule has 2 aliphatic rings. The van der Waals surface area contributed by atoms with Gasteiger partial charge >= 0.3 is 5.97 Å². The summed E-state index contributed by atoms with van der Waals surface area (Å²) in [5.74, 6) is 0.825. The molecule has 0 saturated heterocycles. The Bertz CT molecular complexity index is 964. The molecule has 0 radical (unpaired) electrons. The third kappa shape index (κ3) is 3.92. The van der Waals surface area contributed by atoms with Gasteiger partial charge in [0.2, 0.25) is 5.75 Å². The Balaban J connectivity index is 1.63. The molecule has 1 aliphatic heterocycles. The van der Waals surface area contributed by atoms with Crippen LogP contribution >= 0.6 is 0 Å². The van der Waals surface area contributed by atoms with E-state index in [1.807, 2.05) is 18.2 Å². The number of benzene rings is 2. The highest BCUT2D eigenvalue weighted by molar-refractivity contribution is 5.99. The van der Waals surface area contributed by atoms with Gasteiger partial charge in [-0.1, -0.05) is 6.07 Å². The van der Waals surface area contributed by atoms with Crippen molar-refractivity contribution in [3.05, 3.63) is 41.5 Å². The number of fused-ring (bicyclic) bond motifs is 1. The summed E-state index contributed by atoms with van der Waals surface area (Å²) in [5, 5.41) is 2.82. The van der Waals surface area contributed by atoms with Crippen LogP contribution in [-0.4, -0.2) is 38.8 Å². The second kappa shape index (κ2) is 8.65. The third-order valence-electron chi connectivity index (χ3n) is 5.53. The Hall–Kier alpha value is -3.22. The van der Waals surface area contributed by atoms with Crippen LogP contribution in [0.15, 0.2) is 30.3 Å². The smallest absolute Gasteiger partial charge is 0.344 e. The predicted octanol–water partition coefficient (Wildman–Crippen LogP) is 3.48. The minimum atomic E-state index is -0.401. The van der Waals surface area contributed by atoms with E-state index in [0.717, 1.165) is 42.4 Å². The fourth-order valence-electron chi connectivity index (χ4n) is 4.03. The number of carbonyl (C=O) groups excluding carboxylic acids is 2. The molecule has 1 N–H and O–H groups in total. The molecular weight excluding hydrogens is 386 g/mol. The van der Waals surface area contributed by atoms with Gasteiger partial charge in [-0.15, -0.1) is 0 Å². The maximum absolute atomic E-state index is 12.3. The van der Waals surface area contributed by atoms with Crippen LogP contribution in [0, 0.1) is 0 Å². The lowest BCUT2D eigenvalue weighted by Crippen LogP contribution is -2.21. The fraction of sp³-hybridized carbons (Fsp3) is 0.391. The van der Waals surface area contributed by atoms with E-state index in [2.05, 4.69) is 5.32 Å². The molecule has 0 bridgehead atoms. The molecule has 30 heavy (non-hydrogen) atoms. The first-order valence-electron chi connectivity index (χ1n) is 10.1. The van der Waals surface area contributed by atoms with Crippen molar-refractivity contribution in [2.24, 2.45) is 0 Å². The first-order valence-corrected chi connectivity index (χ1v) is 10.1. The summed E-state index contributed by atoms with van der Waals surface area (Å²) in [6, 6.07) is 9.23. The molecule has 2 aromatic rings. The van der Waals surface area contributed by atoms with Gasteiger partial charge in [0.05, 0.1) is 14.2 Å². The second-order valence-electron chi connectivity index (χ2n) is 7.42. The second-order valence-corrected chi connectivity index (χ2v) is 7.42. The Morgan fingerprint density at radius 3 is 2.53 bits per heavy atom. The lowest BCUT2D eigenvalue weighted by atomic mass is 9.99. The highest BCUT2D eigenvalue weighted by Crippen LogP contribution is 2.45. The van der Waals surface area contributed by atoms with Crippen molar-refractivity contribution in [1.29, 1.82) is 0 Å². The number of hydrogen-bond acceptors (Lipinski definition) is 6. The predicted molar refractivity (Wildman–Crippen MR) is 110 cm³/mol. The van der Waals surface area contributed by atoms with Crippen LogP contribution in [-0.2, 0) is 16.1 Å². The Morgan fingerprint density at radius 2 is 1.80 bits per heavy atom. The van der Waals surface area contributed by atoms with E-state index in [4.69, 9.17) is 18.9 Å². The zero-order chi connectivity index (χ0) is 21.1. The molecule has 4 rings (SSSR count). The zero-order valence-corrected chi connectivity index (χ0v) is 17.2. The summed E-state index contributed by atoms with van der Waals surface area (Å²) in [5.41, 5.74) is 3.18. The van der Waals surface area contributed by atoms with Gasteiger partial charge < -0.3 is 24.3 Å². The first kappa shape index (κ1) is 20.1. The fourth-order valence-corrected chi connectivity index (χ4v) is 4.03. The summed E-state index contributed by atoms with van der Waals surface area (Å²) < 4.78 is 22.3. The van der Waals surface area contributed by atoms with Crippen LogP contribution in [0.3, 0.4) is 0 Å². The van der Waals surface area contributed by atoms with E-state index < -0.39 is 5.97 Å². The number of ether oxygens (including phenoxy) is 4. The number of carbonyl (C=O) groups is 2. The Kier molecular flexibility index (Phi) is 5.79. The molecule has 158 valence electrons. The number of esters is 1. The third-order valence-corrected chi connectivity index (χ3v) is 5.53. The van der Waals surface area contributed by atoms with Crippen LogP contribution < -0.4 is 19.5 Å². The summed E-state index contributed by atoms with van der Waals surface area (Å²) in [6.07, 6.45) is 3.96. The minimum absolute atomic E-state index is 0.0190. The van der Waals surface area contributed by atoms with Gasteiger partial charge in [0.25, 0.3) is 5.91 Å². The van der Waals surface area contributed by atoms with Crippen LogP contribution in [0.4, 0.5) is 0 Å². The van der Waals surface area contributed by atoms with Crippen molar-refractivity contribution in [3.8, 4) is 28.4 Å². The Labute approximate surface area is 175 Å². The van der Waals surface area contributed by atoms with E-state index in [-0.39, 0.29) is 18.6 Å². The quantitative estimate of drug-likeness (QED) is 0.703. The van der Waals surface area contributed by atoms with E-state index in [1.165, 1.54) is 7.11 Å². The molecule has 1 aliphatic carbocycles. The topological polar surface area (TPSA) is 83.1 Å². The van der Waals surface area contributed by atoms with Gasteiger partial charge in [-0.2, -0.15) is 0 Å². The van der Waals surface area contributed by atoms with Crippen molar-refractivity contribution < 1.29 is 28.5 Å². The average molecular weight is 411 g/mol. The molecule has 0 aromatic heterocycles. The van der Waals surface area contributed by atoms with Gasteiger partial charge in [0, 0.05) is 17.7 Å². The number of methoxy groups -OCH3 is 2. The molecule has 0 spiro atoms. The van der Waals surface area contributed by atoms with Crippen LogP contribution in [0.1, 0.15) is 41.6 Å². The molecule has 1 fully saturated rings. The van der Waals surface area contributed by atoms with E-state index in [1.54, 1.807) is 19.2 Å². The maximum atomic E-state index is 12.3. The SMILES string of the molecule is COc1ccc(-c2ccc3c(c2)CNC3=O)c(OCC(=O)OC2CCCC2)c1OC. The van der Waals surface area contributed by atoms with Crippen LogP contribution in [0.5, 0.6) is 17.2 Å². The van der Waals surface area contributed by atoms with Gasteiger partial charge in [-0.3, -0.25) is 4.79 Å². The lowest BCUT2D eigenvalue weighted by molar-refractivity contribution is -0.151. The van der Waals surface area contributed by atoms with Gasteiger partial charge in [-0.25, -0.2) is 4.79 Å². The summed E-state index contributed by atoms with van der Waals surface area (Å²) >= 11 is 0. The molecule has 1 heterocycles. The number of rotatable bonds is 7. The summed E-state index contributed by atoms with van der Waals surface area (Å²) in [4.78, 5) is 24.2. The van der Waals surface area contributed by atoms with Crippen molar-refractivity contribution in [2.45, 2.75) is 38.3 Å². The van der Waals surface area contributed by atoms with Crippen molar-refractivity contribution in [2.75, 3.05) is 20.8 Å². The van der Waals surface area contributed by atoms with E-state index in [0.29, 0.717) is 29.4 Å². The van der Waals surface area contributed by atoms with Crippen LogP contribution in [0.25, 0.3) is 11.1 Å². The van der Waals surface area contributed by atoms with E-state index >= 15 is 0 Å². The van der Waals surface area contributed by atoms with Crippen LogP contribution in [0.2, 0.25) is 0 Å². The van der Waals surface area contributed by atoms with Crippen molar-refractivity contribution >= 4 is 11.9 Å². The van der Waals surface area contributed by atoms with E-state index in [9.17, 15) is 9.59 Å². The molecule has 0 unspecified atom stereocenters. The van der Waals surface area contributed by atoms with Gasteiger partial charge in [0.1, 0.15) is 6.10 Å². The highest BCUT2D eigenvalue weighted by Gasteiger charge is 2.24. The number of amides is 1. The standard InChI is InChI=1S/C23H25NO6/c1-27-19-10-9-17(14-7-8-18-15(11-14)12-24-23(18)26)21(22(19)28-2)29-13-20(25)30-16-5-3-4-6-16/h7-11,16H,3-6,12-13H2,1-2H3,(H,24,26). The normalized spacial score (nSPS) is 15.5. The van der Waals surface area contributed by atoms with Crippen molar-refractivity contribution in [3.63, 3.8) is 0 Å². The lowest BCUT2D eigenvalue weighted by Gasteiger charge is -2.18. The number of nitrogens with one attached hydrogen (secondary N) is 1. The molecule has 1 saturated carbocycles. The summed E-state index contributed by atoms with van der Waals surface area (Å²) in [7, 11) is 3.07. The minimum Gasteiger partial charge on any atom is -0.493 e. The zero-order valence-electron chi connectivity index (χ0n) is 17.2. The maximum Gasteiger partial charge on any atom is 0.344 e. The molecule has 0 atom stereocenters. The first-order chi connectivity index (χ1) is 14.6. The average Bonchev–Trinajstić information content (AvgIpc) is 3.40. The molecule has 7 nitrogen and oxygen atoms in total. The number of hydrogen-bond donors (Lipinski definition) is 1. The summed E-state index contributed by atoms with van der Waals surface area (Å²) in [6.45, 7) is 0.261. The highest BCUT2D eigenvalue weighted by atomic mass is 16.6. The molecule has 7 heteroatoms. The molecular formula is C23H25NO6. The van der Waals surface area contributed by atoms with Gasteiger partial charge in [0.15, 0.2) is 18.1 Å². The Morgan fingerprint density at radius 1 is 1.03 bits per heavy atom. The van der Waals surface area contributed by atoms with Crippen molar-refractivity contribution in [1.82, 2.24) is 5.32 Å². The molecule has 2 aromatic carbocycles.